The fourth-order valence-electron chi connectivity index (χ4n) is 2.47. The third-order valence-corrected chi connectivity index (χ3v) is 5.44. The van der Waals surface area contributed by atoms with E-state index in [1.165, 1.54) is 30.3 Å². The van der Waals surface area contributed by atoms with Crippen molar-refractivity contribution in [3.05, 3.63) is 53.8 Å². The fourth-order valence-corrected chi connectivity index (χ4v) is 3.78. The van der Waals surface area contributed by atoms with Crippen LogP contribution in [0, 0.1) is 5.82 Å². The molecule has 0 fully saturated rings. The molecule has 1 aliphatic rings. The summed E-state index contributed by atoms with van der Waals surface area (Å²) in [5, 5.41) is 9.17. The van der Waals surface area contributed by atoms with Crippen molar-refractivity contribution >= 4 is 9.84 Å². The minimum absolute atomic E-state index is 0.0513. The summed E-state index contributed by atoms with van der Waals surface area (Å²) < 4.78 is 44.0. The average molecular weight is 322 g/mol. The van der Waals surface area contributed by atoms with Gasteiger partial charge in [-0.05, 0) is 48.7 Å². The molecule has 0 unspecified atom stereocenters. The summed E-state index contributed by atoms with van der Waals surface area (Å²) in [5.41, 5.74) is 0.905. The number of benzene rings is 2. The second kappa shape index (κ2) is 5.70. The van der Waals surface area contributed by atoms with Gasteiger partial charge >= 0.3 is 0 Å². The molecular weight excluding hydrogens is 307 g/mol. The Hall–Kier alpha value is -1.92. The second-order valence-electron chi connectivity index (χ2n) is 5.19. The first-order valence-electron chi connectivity index (χ1n) is 6.92. The molecule has 116 valence electrons. The zero-order valence-corrected chi connectivity index (χ0v) is 12.5. The van der Waals surface area contributed by atoms with Crippen molar-refractivity contribution in [1.29, 1.82) is 0 Å². The van der Waals surface area contributed by atoms with Crippen molar-refractivity contribution in [3.8, 4) is 5.75 Å². The molecule has 2 aromatic carbocycles. The van der Waals surface area contributed by atoms with Gasteiger partial charge in [-0.1, -0.05) is 12.1 Å². The SMILES string of the molecule is O=S(=O)(c1cccc(F)c1)c1ccc2c(c1)O[C@@H](CO)CC2. The first-order valence-corrected chi connectivity index (χ1v) is 8.40. The molecule has 0 radical (unpaired) electrons. The van der Waals surface area contributed by atoms with Crippen molar-refractivity contribution in [2.24, 2.45) is 0 Å². The number of sulfone groups is 1. The Bertz CT molecular complexity index is 802. The zero-order chi connectivity index (χ0) is 15.7. The molecule has 0 saturated carbocycles. The largest absolute Gasteiger partial charge is 0.488 e. The Morgan fingerprint density at radius 3 is 2.68 bits per heavy atom. The van der Waals surface area contributed by atoms with E-state index < -0.39 is 15.7 Å². The maximum absolute atomic E-state index is 13.3. The number of halogens is 1. The van der Waals surface area contributed by atoms with Gasteiger partial charge in [0, 0.05) is 0 Å². The van der Waals surface area contributed by atoms with Gasteiger partial charge < -0.3 is 9.84 Å². The summed E-state index contributed by atoms with van der Waals surface area (Å²) in [5.74, 6) is -0.140. The first kappa shape index (κ1) is 15.0. The number of hydrogen-bond acceptors (Lipinski definition) is 4. The maximum Gasteiger partial charge on any atom is 0.206 e. The Morgan fingerprint density at radius 1 is 1.18 bits per heavy atom. The number of hydrogen-bond donors (Lipinski definition) is 1. The molecule has 0 saturated heterocycles. The number of ether oxygens (including phenoxy) is 1. The molecule has 6 heteroatoms. The minimum Gasteiger partial charge on any atom is -0.488 e. The number of aliphatic hydroxyl groups excluding tert-OH is 1. The van der Waals surface area contributed by atoms with Crippen LogP contribution in [-0.2, 0) is 16.3 Å². The molecule has 0 bridgehead atoms. The van der Waals surface area contributed by atoms with Crippen LogP contribution in [0.3, 0.4) is 0 Å². The molecule has 1 N–H and O–H groups in total. The van der Waals surface area contributed by atoms with Crippen LogP contribution < -0.4 is 4.74 Å². The molecule has 22 heavy (non-hydrogen) atoms. The van der Waals surface area contributed by atoms with E-state index in [1.54, 1.807) is 6.07 Å². The summed E-state index contributed by atoms with van der Waals surface area (Å²) in [6.45, 7) is -0.111. The maximum atomic E-state index is 13.3. The molecule has 1 aliphatic heterocycles. The van der Waals surface area contributed by atoms with Crippen molar-refractivity contribution < 1.29 is 22.7 Å². The number of aliphatic hydroxyl groups is 1. The van der Waals surface area contributed by atoms with Crippen LogP contribution in [0.25, 0.3) is 0 Å². The van der Waals surface area contributed by atoms with E-state index in [2.05, 4.69) is 0 Å². The van der Waals surface area contributed by atoms with E-state index in [1.807, 2.05) is 0 Å². The molecule has 1 heterocycles. The predicted octanol–water partition coefficient (Wildman–Crippen LogP) is 2.34. The summed E-state index contributed by atoms with van der Waals surface area (Å²) in [6, 6.07) is 9.55. The summed E-state index contributed by atoms with van der Waals surface area (Å²) in [6.07, 6.45) is 1.10. The van der Waals surface area contributed by atoms with Gasteiger partial charge in [-0.3, -0.25) is 0 Å². The number of aryl methyl sites for hydroxylation is 1. The fraction of sp³-hybridized carbons (Fsp3) is 0.250. The van der Waals surface area contributed by atoms with Crippen LogP contribution in [-0.4, -0.2) is 26.2 Å². The van der Waals surface area contributed by atoms with Crippen molar-refractivity contribution in [1.82, 2.24) is 0 Å². The van der Waals surface area contributed by atoms with Gasteiger partial charge in [0.2, 0.25) is 9.84 Å². The normalized spacial score (nSPS) is 17.6. The quantitative estimate of drug-likeness (QED) is 0.942. The lowest BCUT2D eigenvalue weighted by Crippen LogP contribution is -2.26. The van der Waals surface area contributed by atoms with E-state index in [9.17, 15) is 12.8 Å². The van der Waals surface area contributed by atoms with Crippen LogP contribution in [0.1, 0.15) is 12.0 Å². The lowest BCUT2D eigenvalue weighted by atomic mass is 10.0. The highest BCUT2D eigenvalue weighted by atomic mass is 32.2. The summed E-state index contributed by atoms with van der Waals surface area (Å²) in [4.78, 5) is -0.0441. The van der Waals surface area contributed by atoms with Crippen LogP contribution in [0.2, 0.25) is 0 Å². The molecule has 2 aromatic rings. The van der Waals surface area contributed by atoms with Gasteiger partial charge in [-0.15, -0.1) is 0 Å². The van der Waals surface area contributed by atoms with E-state index in [4.69, 9.17) is 9.84 Å². The van der Waals surface area contributed by atoms with Gasteiger partial charge in [-0.25, -0.2) is 12.8 Å². The molecule has 0 amide bonds. The standard InChI is InChI=1S/C16H15FO4S/c17-12-2-1-3-14(8-12)22(19,20)15-7-5-11-4-6-13(10-18)21-16(11)9-15/h1-3,5,7-9,13,18H,4,6,10H2/t13-/m1/s1. The second-order valence-corrected chi connectivity index (χ2v) is 7.14. The van der Waals surface area contributed by atoms with Crippen molar-refractivity contribution in [2.45, 2.75) is 28.7 Å². The van der Waals surface area contributed by atoms with Crippen LogP contribution in [0.15, 0.2) is 52.3 Å². The molecule has 4 nitrogen and oxygen atoms in total. The van der Waals surface area contributed by atoms with Gasteiger partial charge in [-0.2, -0.15) is 0 Å². The van der Waals surface area contributed by atoms with Gasteiger partial charge in [0.25, 0.3) is 0 Å². The summed E-state index contributed by atoms with van der Waals surface area (Å²) in [7, 11) is -3.80. The Labute approximate surface area is 128 Å². The molecule has 3 rings (SSSR count). The highest BCUT2D eigenvalue weighted by molar-refractivity contribution is 7.91. The lowest BCUT2D eigenvalue weighted by Gasteiger charge is -2.25. The topological polar surface area (TPSA) is 63.6 Å². The van der Waals surface area contributed by atoms with Crippen molar-refractivity contribution in [2.75, 3.05) is 6.61 Å². The third kappa shape index (κ3) is 2.71. The first-order chi connectivity index (χ1) is 10.5. The van der Waals surface area contributed by atoms with Gasteiger partial charge in [0.05, 0.1) is 16.4 Å². The summed E-state index contributed by atoms with van der Waals surface area (Å²) >= 11 is 0. The smallest absolute Gasteiger partial charge is 0.206 e. The van der Waals surface area contributed by atoms with E-state index in [0.29, 0.717) is 12.2 Å². The Balaban J connectivity index is 2.02. The number of rotatable bonds is 3. The zero-order valence-electron chi connectivity index (χ0n) is 11.7. The third-order valence-electron chi connectivity index (χ3n) is 3.69. The highest BCUT2D eigenvalue weighted by Crippen LogP contribution is 2.32. The van der Waals surface area contributed by atoms with E-state index in [0.717, 1.165) is 18.1 Å². The Kier molecular flexibility index (Phi) is 3.88. The minimum atomic E-state index is -3.80. The molecule has 0 aromatic heterocycles. The monoisotopic (exact) mass is 322 g/mol. The van der Waals surface area contributed by atoms with Crippen LogP contribution >= 0.6 is 0 Å². The number of fused-ring (bicyclic) bond motifs is 1. The molecule has 1 atom stereocenters. The van der Waals surface area contributed by atoms with Crippen molar-refractivity contribution in [3.63, 3.8) is 0 Å². The van der Waals surface area contributed by atoms with Gasteiger partial charge in [0.15, 0.2) is 0 Å². The predicted molar refractivity (Wildman–Crippen MR) is 78.1 cm³/mol. The lowest BCUT2D eigenvalue weighted by molar-refractivity contribution is 0.0975. The highest BCUT2D eigenvalue weighted by Gasteiger charge is 2.23. The van der Waals surface area contributed by atoms with Crippen LogP contribution in [0.4, 0.5) is 4.39 Å². The van der Waals surface area contributed by atoms with E-state index in [-0.39, 0.29) is 22.5 Å². The molecule has 0 aliphatic carbocycles. The van der Waals surface area contributed by atoms with E-state index >= 15 is 0 Å². The van der Waals surface area contributed by atoms with Crippen LogP contribution in [0.5, 0.6) is 5.75 Å². The Morgan fingerprint density at radius 2 is 1.95 bits per heavy atom. The average Bonchev–Trinajstić information content (AvgIpc) is 2.53. The van der Waals surface area contributed by atoms with Gasteiger partial charge in [0.1, 0.15) is 17.7 Å². The molecule has 0 spiro atoms. The molecular formula is C16H15FO4S.